The smallest absolute Gasteiger partial charge is 0.243 e. The Morgan fingerprint density at radius 1 is 1.40 bits per heavy atom. The van der Waals surface area contributed by atoms with E-state index in [1.54, 1.807) is 19.1 Å². The maximum absolute atomic E-state index is 12.6. The van der Waals surface area contributed by atoms with E-state index in [0.29, 0.717) is 24.2 Å². The first kappa shape index (κ1) is 16.6. The molecule has 0 unspecified atom stereocenters. The zero-order valence-corrected chi connectivity index (χ0v) is 13.2. The van der Waals surface area contributed by atoms with Gasteiger partial charge in [0, 0.05) is 13.6 Å². The summed E-state index contributed by atoms with van der Waals surface area (Å²) < 4.78 is 26.5. The second-order valence-corrected chi connectivity index (χ2v) is 7.73. The molecule has 0 radical (unpaired) electrons. The van der Waals surface area contributed by atoms with Crippen molar-refractivity contribution in [3.05, 3.63) is 29.3 Å². The predicted molar refractivity (Wildman–Crippen MR) is 78.5 cm³/mol. The zero-order chi connectivity index (χ0) is 15.6. The Morgan fingerprint density at radius 3 is 2.50 bits per heavy atom. The van der Waals surface area contributed by atoms with Gasteiger partial charge in [-0.2, -0.15) is 5.26 Å². The summed E-state index contributed by atoms with van der Waals surface area (Å²) in [5.41, 5.74) is 6.30. The predicted octanol–water partition coefficient (Wildman–Crippen LogP) is 1.47. The molecule has 0 aliphatic carbocycles. The fourth-order valence-electron chi connectivity index (χ4n) is 1.87. The molecule has 0 aliphatic heterocycles. The van der Waals surface area contributed by atoms with Gasteiger partial charge in [0.2, 0.25) is 10.0 Å². The Labute approximate surface area is 121 Å². The Kier molecular flexibility index (Phi) is 4.92. The second kappa shape index (κ2) is 5.92. The fourth-order valence-corrected chi connectivity index (χ4v) is 3.47. The number of aryl methyl sites for hydroxylation is 1. The maximum atomic E-state index is 12.6. The molecule has 0 atom stereocenters. The van der Waals surface area contributed by atoms with E-state index in [0.717, 1.165) is 0 Å². The first-order chi connectivity index (χ1) is 9.14. The van der Waals surface area contributed by atoms with E-state index in [1.165, 1.54) is 17.4 Å². The van der Waals surface area contributed by atoms with E-state index in [-0.39, 0.29) is 10.3 Å². The first-order valence-corrected chi connectivity index (χ1v) is 7.75. The van der Waals surface area contributed by atoms with Crippen molar-refractivity contribution >= 4 is 10.0 Å². The summed E-state index contributed by atoms with van der Waals surface area (Å²) in [7, 11) is -2.09. The standard InChI is InChI=1S/C14H21N3O2S/c1-11-5-6-12(8-15)7-13(11)20(18,19)17(4)10-14(2,3)9-16/h5-7H,9-10,16H2,1-4H3. The Balaban J connectivity index is 3.21. The van der Waals surface area contributed by atoms with Gasteiger partial charge in [-0.25, -0.2) is 12.7 Å². The van der Waals surface area contributed by atoms with Gasteiger partial charge in [-0.1, -0.05) is 19.9 Å². The molecule has 0 bridgehead atoms. The zero-order valence-electron chi connectivity index (χ0n) is 12.3. The highest BCUT2D eigenvalue weighted by molar-refractivity contribution is 7.89. The van der Waals surface area contributed by atoms with E-state index in [1.807, 2.05) is 19.9 Å². The molecular weight excluding hydrogens is 274 g/mol. The lowest BCUT2D eigenvalue weighted by Crippen LogP contribution is -2.39. The molecule has 0 saturated heterocycles. The van der Waals surface area contributed by atoms with Crippen LogP contribution >= 0.6 is 0 Å². The third-order valence-electron chi connectivity index (χ3n) is 3.21. The van der Waals surface area contributed by atoms with E-state index < -0.39 is 10.0 Å². The lowest BCUT2D eigenvalue weighted by molar-refractivity contribution is 0.292. The number of hydrogen-bond donors (Lipinski definition) is 1. The number of nitrogens with two attached hydrogens (primary N) is 1. The Hall–Kier alpha value is -1.42. The SMILES string of the molecule is Cc1ccc(C#N)cc1S(=O)(=O)N(C)CC(C)(C)CN. The fraction of sp³-hybridized carbons (Fsp3) is 0.500. The Morgan fingerprint density at radius 2 is 2.00 bits per heavy atom. The lowest BCUT2D eigenvalue weighted by atomic mass is 9.94. The third-order valence-corrected chi connectivity index (χ3v) is 5.15. The van der Waals surface area contributed by atoms with Gasteiger partial charge in [-0.05, 0) is 36.6 Å². The molecule has 1 aromatic rings. The summed E-state index contributed by atoms with van der Waals surface area (Å²) in [6, 6.07) is 6.63. The minimum absolute atomic E-state index is 0.173. The highest BCUT2D eigenvalue weighted by Gasteiger charge is 2.28. The summed E-state index contributed by atoms with van der Waals surface area (Å²) in [6.45, 7) is 6.26. The minimum Gasteiger partial charge on any atom is -0.330 e. The van der Waals surface area contributed by atoms with Crippen LogP contribution in [0.3, 0.4) is 0 Å². The summed E-state index contributed by atoms with van der Waals surface area (Å²) in [4.78, 5) is 0.173. The molecular formula is C14H21N3O2S. The molecule has 2 N–H and O–H groups in total. The third kappa shape index (κ3) is 3.57. The molecule has 0 aromatic heterocycles. The molecule has 0 saturated carbocycles. The molecule has 0 heterocycles. The molecule has 5 nitrogen and oxygen atoms in total. The molecule has 110 valence electrons. The topological polar surface area (TPSA) is 87.2 Å². The van der Waals surface area contributed by atoms with Crippen LogP contribution in [0.15, 0.2) is 23.1 Å². The number of nitriles is 1. The van der Waals surface area contributed by atoms with Gasteiger partial charge >= 0.3 is 0 Å². The monoisotopic (exact) mass is 295 g/mol. The molecule has 0 amide bonds. The minimum atomic E-state index is -3.62. The molecule has 1 aromatic carbocycles. The first-order valence-electron chi connectivity index (χ1n) is 6.31. The van der Waals surface area contributed by atoms with Crippen LogP contribution in [0, 0.1) is 23.7 Å². The van der Waals surface area contributed by atoms with Crippen LogP contribution in [0.2, 0.25) is 0 Å². The van der Waals surface area contributed by atoms with Crippen molar-refractivity contribution in [3.63, 3.8) is 0 Å². The largest absolute Gasteiger partial charge is 0.330 e. The van der Waals surface area contributed by atoms with E-state index >= 15 is 0 Å². The number of rotatable bonds is 5. The van der Waals surface area contributed by atoms with Crippen molar-refractivity contribution in [2.75, 3.05) is 20.1 Å². The van der Waals surface area contributed by atoms with Gasteiger partial charge in [0.1, 0.15) is 0 Å². The van der Waals surface area contributed by atoms with Gasteiger partial charge in [-0.15, -0.1) is 0 Å². The molecule has 0 aliphatic rings. The van der Waals surface area contributed by atoms with Crippen molar-refractivity contribution in [2.24, 2.45) is 11.1 Å². The van der Waals surface area contributed by atoms with Gasteiger partial charge in [0.05, 0.1) is 16.5 Å². The van der Waals surface area contributed by atoms with Crippen LogP contribution in [-0.2, 0) is 10.0 Å². The number of benzene rings is 1. The number of hydrogen-bond acceptors (Lipinski definition) is 4. The van der Waals surface area contributed by atoms with E-state index in [2.05, 4.69) is 0 Å². The second-order valence-electron chi connectivity index (χ2n) is 5.72. The van der Waals surface area contributed by atoms with Crippen LogP contribution < -0.4 is 5.73 Å². The van der Waals surface area contributed by atoms with Crippen LogP contribution in [0.1, 0.15) is 25.0 Å². The van der Waals surface area contributed by atoms with Crippen LogP contribution in [-0.4, -0.2) is 32.9 Å². The number of nitrogens with zero attached hydrogens (tertiary/aromatic N) is 2. The van der Waals surface area contributed by atoms with Crippen molar-refractivity contribution < 1.29 is 8.42 Å². The van der Waals surface area contributed by atoms with Crippen LogP contribution in [0.5, 0.6) is 0 Å². The summed E-state index contributed by atoms with van der Waals surface area (Å²) in [6.07, 6.45) is 0. The van der Waals surface area contributed by atoms with Gasteiger partial charge in [0.15, 0.2) is 0 Å². The average Bonchev–Trinajstić information content (AvgIpc) is 2.38. The van der Waals surface area contributed by atoms with Crippen molar-refractivity contribution in [1.82, 2.24) is 4.31 Å². The van der Waals surface area contributed by atoms with Crippen molar-refractivity contribution in [3.8, 4) is 6.07 Å². The molecule has 6 heteroatoms. The normalized spacial score (nSPS) is 12.4. The molecule has 1 rings (SSSR count). The molecule has 0 spiro atoms. The molecule has 0 fully saturated rings. The quantitative estimate of drug-likeness (QED) is 0.891. The van der Waals surface area contributed by atoms with E-state index in [9.17, 15) is 8.42 Å². The molecule has 20 heavy (non-hydrogen) atoms. The lowest BCUT2D eigenvalue weighted by Gasteiger charge is -2.28. The van der Waals surface area contributed by atoms with Gasteiger partial charge in [0.25, 0.3) is 0 Å². The maximum Gasteiger partial charge on any atom is 0.243 e. The summed E-state index contributed by atoms with van der Waals surface area (Å²) in [5, 5.41) is 8.91. The average molecular weight is 295 g/mol. The van der Waals surface area contributed by atoms with Gasteiger partial charge < -0.3 is 5.73 Å². The van der Waals surface area contributed by atoms with Crippen LogP contribution in [0.4, 0.5) is 0 Å². The highest BCUT2D eigenvalue weighted by atomic mass is 32.2. The summed E-state index contributed by atoms with van der Waals surface area (Å²) in [5.74, 6) is 0. The summed E-state index contributed by atoms with van der Waals surface area (Å²) >= 11 is 0. The van der Waals surface area contributed by atoms with Crippen LogP contribution in [0.25, 0.3) is 0 Å². The number of sulfonamides is 1. The van der Waals surface area contributed by atoms with Crippen molar-refractivity contribution in [2.45, 2.75) is 25.7 Å². The Bertz CT molecular complexity index is 630. The van der Waals surface area contributed by atoms with E-state index in [4.69, 9.17) is 11.0 Å². The van der Waals surface area contributed by atoms with Crippen molar-refractivity contribution in [1.29, 1.82) is 5.26 Å². The van der Waals surface area contributed by atoms with Gasteiger partial charge in [-0.3, -0.25) is 0 Å². The highest BCUT2D eigenvalue weighted by Crippen LogP contribution is 2.23.